The molecule has 2 rings (SSSR count). The molecule has 0 spiro atoms. The van der Waals surface area contributed by atoms with E-state index in [9.17, 15) is 4.79 Å². The number of carbonyl (C=O) groups excluding carboxylic acids is 1. The van der Waals surface area contributed by atoms with Gasteiger partial charge in [-0.05, 0) is 56.4 Å². The number of nitrogens with one attached hydrogen (secondary N) is 1. The number of rotatable bonds is 7. The van der Waals surface area contributed by atoms with E-state index in [1.165, 1.54) is 12.8 Å². The van der Waals surface area contributed by atoms with Crippen LogP contribution in [0.25, 0.3) is 0 Å². The van der Waals surface area contributed by atoms with Crippen molar-refractivity contribution < 1.29 is 9.53 Å². The van der Waals surface area contributed by atoms with Crippen molar-refractivity contribution >= 4 is 18.3 Å². The molecular formula is C18H29ClN2O2. The van der Waals surface area contributed by atoms with Gasteiger partial charge >= 0.3 is 0 Å². The summed E-state index contributed by atoms with van der Waals surface area (Å²) < 4.78 is 5.66. The maximum absolute atomic E-state index is 12.2. The van der Waals surface area contributed by atoms with Gasteiger partial charge in [-0.2, -0.15) is 0 Å². The monoisotopic (exact) mass is 340 g/mol. The molecule has 1 aromatic carbocycles. The van der Waals surface area contributed by atoms with Crippen LogP contribution >= 0.6 is 12.4 Å². The number of halogens is 1. The molecule has 0 aromatic heterocycles. The lowest BCUT2D eigenvalue weighted by molar-refractivity contribution is 0.0926. The lowest BCUT2D eigenvalue weighted by Crippen LogP contribution is -2.40. The Balaban J connectivity index is 0.00000264. The lowest BCUT2D eigenvalue weighted by Gasteiger charge is -2.26. The topological polar surface area (TPSA) is 64.3 Å². The van der Waals surface area contributed by atoms with E-state index in [-0.39, 0.29) is 24.4 Å². The van der Waals surface area contributed by atoms with E-state index in [0.717, 1.165) is 44.5 Å². The molecule has 1 fully saturated rings. The minimum Gasteiger partial charge on any atom is -0.494 e. The quantitative estimate of drug-likeness (QED) is 0.744. The molecule has 1 aliphatic rings. The summed E-state index contributed by atoms with van der Waals surface area (Å²) in [5, 5.41) is 3.10. The van der Waals surface area contributed by atoms with Gasteiger partial charge in [-0.25, -0.2) is 0 Å². The Hall–Kier alpha value is -1.26. The number of benzene rings is 1. The predicted octanol–water partition coefficient (Wildman–Crippen LogP) is 3.68. The molecular weight excluding hydrogens is 312 g/mol. The van der Waals surface area contributed by atoms with Gasteiger partial charge in [0.05, 0.1) is 6.61 Å². The van der Waals surface area contributed by atoms with Gasteiger partial charge in [0.2, 0.25) is 0 Å². The molecule has 1 amide bonds. The fourth-order valence-electron chi connectivity index (χ4n) is 2.78. The van der Waals surface area contributed by atoms with E-state index < -0.39 is 0 Å². The summed E-state index contributed by atoms with van der Waals surface area (Å²) >= 11 is 0. The molecule has 0 heterocycles. The highest BCUT2D eigenvalue weighted by molar-refractivity contribution is 5.94. The number of hydrogen-bond acceptors (Lipinski definition) is 3. The second-order valence-electron chi connectivity index (χ2n) is 6.17. The highest BCUT2D eigenvalue weighted by atomic mass is 35.5. The smallest absolute Gasteiger partial charge is 0.251 e. The third-order valence-electron chi connectivity index (χ3n) is 4.24. The van der Waals surface area contributed by atoms with Crippen molar-refractivity contribution in [2.75, 3.05) is 6.61 Å². The van der Waals surface area contributed by atoms with Crippen LogP contribution in [0.2, 0.25) is 0 Å². The van der Waals surface area contributed by atoms with Crippen LogP contribution in [0, 0.1) is 0 Å². The zero-order chi connectivity index (χ0) is 15.8. The van der Waals surface area contributed by atoms with Crippen LogP contribution in [0.1, 0.15) is 62.2 Å². The Morgan fingerprint density at radius 1 is 1.17 bits per heavy atom. The van der Waals surface area contributed by atoms with Crippen molar-refractivity contribution in [2.24, 2.45) is 5.73 Å². The van der Waals surface area contributed by atoms with Crippen LogP contribution in [0.15, 0.2) is 24.3 Å². The predicted molar refractivity (Wildman–Crippen MR) is 96.4 cm³/mol. The summed E-state index contributed by atoms with van der Waals surface area (Å²) in [7, 11) is 0. The number of amides is 1. The first-order chi connectivity index (χ1) is 10.7. The third kappa shape index (κ3) is 6.80. The highest BCUT2D eigenvalue weighted by Crippen LogP contribution is 2.18. The third-order valence-corrected chi connectivity index (χ3v) is 4.24. The van der Waals surface area contributed by atoms with Crippen LogP contribution in [0.3, 0.4) is 0 Å². The van der Waals surface area contributed by atoms with Gasteiger partial charge in [-0.3, -0.25) is 4.79 Å². The van der Waals surface area contributed by atoms with E-state index in [0.29, 0.717) is 11.6 Å². The molecule has 4 nitrogen and oxygen atoms in total. The van der Waals surface area contributed by atoms with E-state index >= 15 is 0 Å². The Bertz CT molecular complexity index is 457. The first kappa shape index (κ1) is 19.8. The fourth-order valence-corrected chi connectivity index (χ4v) is 2.78. The van der Waals surface area contributed by atoms with Gasteiger partial charge in [0.15, 0.2) is 0 Å². The van der Waals surface area contributed by atoms with Crippen molar-refractivity contribution in [2.45, 2.75) is 64.0 Å². The zero-order valence-corrected chi connectivity index (χ0v) is 14.7. The first-order valence-electron chi connectivity index (χ1n) is 8.48. The van der Waals surface area contributed by atoms with E-state index in [1.54, 1.807) is 0 Å². The van der Waals surface area contributed by atoms with Crippen molar-refractivity contribution in [3.05, 3.63) is 29.8 Å². The molecule has 0 radical (unpaired) electrons. The minimum absolute atomic E-state index is 0. The van der Waals surface area contributed by atoms with Gasteiger partial charge in [-0.15, -0.1) is 12.4 Å². The summed E-state index contributed by atoms with van der Waals surface area (Å²) in [6.07, 6.45) is 7.39. The number of nitrogens with two attached hydrogens (primary N) is 1. The normalized spacial score (nSPS) is 20.4. The molecule has 3 N–H and O–H groups in total. The molecule has 0 atom stereocenters. The molecule has 0 bridgehead atoms. The van der Waals surface area contributed by atoms with Gasteiger partial charge in [0.1, 0.15) is 5.75 Å². The van der Waals surface area contributed by atoms with Gasteiger partial charge in [-0.1, -0.05) is 19.8 Å². The summed E-state index contributed by atoms with van der Waals surface area (Å²) in [6.45, 7) is 2.91. The maximum atomic E-state index is 12.2. The number of carbonyl (C=O) groups is 1. The van der Waals surface area contributed by atoms with Crippen molar-refractivity contribution in [3.8, 4) is 5.75 Å². The van der Waals surface area contributed by atoms with Crippen LogP contribution < -0.4 is 15.8 Å². The Kier molecular flexibility index (Phi) is 9.03. The number of unbranched alkanes of at least 4 members (excludes halogenated alkanes) is 2. The second kappa shape index (κ2) is 10.5. The summed E-state index contributed by atoms with van der Waals surface area (Å²) in [4.78, 5) is 12.2. The molecule has 0 unspecified atom stereocenters. The molecule has 0 saturated heterocycles. The average molecular weight is 341 g/mol. The molecule has 5 heteroatoms. The van der Waals surface area contributed by atoms with Crippen LogP contribution in [-0.2, 0) is 0 Å². The van der Waals surface area contributed by atoms with Gasteiger partial charge in [0, 0.05) is 17.6 Å². The lowest BCUT2D eigenvalue weighted by atomic mass is 9.91. The van der Waals surface area contributed by atoms with Gasteiger partial charge < -0.3 is 15.8 Å². The molecule has 1 aliphatic carbocycles. The summed E-state index contributed by atoms with van der Waals surface area (Å²) in [6, 6.07) is 7.97. The SMILES string of the molecule is CCCCCOc1ccc(C(=O)NC2CCC(N)CC2)cc1.Cl. The van der Waals surface area contributed by atoms with Crippen LogP contribution in [0.4, 0.5) is 0 Å². The fraction of sp³-hybridized carbons (Fsp3) is 0.611. The van der Waals surface area contributed by atoms with Crippen LogP contribution in [-0.4, -0.2) is 24.6 Å². The highest BCUT2D eigenvalue weighted by Gasteiger charge is 2.20. The summed E-state index contributed by atoms with van der Waals surface area (Å²) in [5.74, 6) is 0.828. The van der Waals surface area contributed by atoms with Crippen molar-refractivity contribution in [1.82, 2.24) is 5.32 Å². The average Bonchev–Trinajstić information content (AvgIpc) is 2.54. The standard InChI is InChI=1S/C18H28N2O2.ClH/c1-2-3-4-13-22-17-11-5-14(6-12-17)18(21)20-16-9-7-15(19)8-10-16;/h5-6,11-12,15-16H,2-4,7-10,13,19H2,1H3,(H,20,21);1H. The minimum atomic E-state index is -0.00185. The zero-order valence-electron chi connectivity index (χ0n) is 13.9. The Morgan fingerprint density at radius 3 is 2.43 bits per heavy atom. The second-order valence-corrected chi connectivity index (χ2v) is 6.17. The summed E-state index contributed by atoms with van der Waals surface area (Å²) in [5.41, 5.74) is 6.58. The molecule has 1 saturated carbocycles. The Morgan fingerprint density at radius 2 is 1.83 bits per heavy atom. The Labute approximate surface area is 145 Å². The molecule has 1 aromatic rings. The maximum Gasteiger partial charge on any atom is 0.251 e. The van der Waals surface area contributed by atoms with E-state index in [1.807, 2.05) is 24.3 Å². The van der Waals surface area contributed by atoms with Crippen molar-refractivity contribution in [1.29, 1.82) is 0 Å². The number of hydrogen-bond donors (Lipinski definition) is 2. The number of ether oxygens (including phenoxy) is 1. The van der Waals surface area contributed by atoms with Crippen LogP contribution in [0.5, 0.6) is 5.75 Å². The molecule has 23 heavy (non-hydrogen) atoms. The molecule has 0 aliphatic heterocycles. The largest absolute Gasteiger partial charge is 0.494 e. The van der Waals surface area contributed by atoms with Gasteiger partial charge in [0.25, 0.3) is 5.91 Å². The first-order valence-corrected chi connectivity index (χ1v) is 8.48. The van der Waals surface area contributed by atoms with Crippen molar-refractivity contribution in [3.63, 3.8) is 0 Å². The molecule has 130 valence electrons. The van der Waals surface area contributed by atoms with E-state index in [2.05, 4.69) is 12.2 Å². The van der Waals surface area contributed by atoms with E-state index in [4.69, 9.17) is 10.5 Å².